The number of halogens is 7. The van der Waals surface area contributed by atoms with Crippen LogP contribution < -0.4 is 0 Å². The van der Waals surface area contributed by atoms with Gasteiger partial charge in [0.1, 0.15) is 5.15 Å². The van der Waals surface area contributed by atoms with Gasteiger partial charge in [-0.3, -0.25) is 4.68 Å². The Bertz CT molecular complexity index is 1020. The summed E-state index contributed by atoms with van der Waals surface area (Å²) in [4.78, 5) is 3.92. The molecule has 0 amide bonds. The van der Waals surface area contributed by atoms with E-state index in [-0.39, 0.29) is 28.0 Å². The molecule has 0 unspecified atom stereocenters. The number of aromatic nitrogens is 4. The molecule has 0 aliphatic heterocycles. The molecule has 0 aliphatic rings. The van der Waals surface area contributed by atoms with Crippen LogP contribution in [-0.2, 0) is 19.4 Å². The minimum atomic E-state index is -4.72. The fraction of sp³-hybridized carbons (Fsp3) is 0.188. The maximum Gasteiger partial charge on any atom is 0.435 e. The van der Waals surface area contributed by atoms with Gasteiger partial charge in [0.05, 0.1) is 5.56 Å². The number of nitrogens with zero attached hydrogens (tertiary/aromatic N) is 4. The van der Waals surface area contributed by atoms with Crippen LogP contribution in [0.1, 0.15) is 22.7 Å². The van der Waals surface area contributed by atoms with Crippen molar-refractivity contribution >= 4 is 23.8 Å². The summed E-state index contributed by atoms with van der Waals surface area (Å²) in [6, 6.07) is 4.01. The van der Waals surface area contributed by atoms with E-state index in [1.54, 1.807) is 0 Å². The zero-order valence-corrected chi connectivity index (χ0v) is 14.6. The number of rotatable bonds is 3. The van der Waals surface area contributed by atoms with Crippen LogP contribution in [0, 0.1) is 0 Å². The lowest BCUT2D eigenvalue weighted by Gasteiger charge is -2.05. The molecule has 0 N–H and O–H groups in total. The maximum absolute atomic E-state index is 13.0. The highest BCUT2D eigenvalue weighted by molar-refractivity contribution is 6.31. The first-order chi connectivity index (χ1) is 13.0. The number of alkyl halides is 6. The maximum atomic E-state index is 13.0. The first-order valence-electron chi connectivity index (χ1n) is 7.46. The predicted molar refractivity (Wildman–Crippen MR) is 86.9 cm³/mol. The molecule has 0 bridgehead atoms. The Morgan fingerprint density at radius 1 is 1.00 bits per heavy atom. The van der Waals surface area contributed by atoms with E-state index in [9.17, 15) is 26.3 Å². The SMILES string of the molecule is Cn1nc(C(F)(F)F)c(/C=C\c2nc(-c3ccc(C(F)(F)F)cc3)no2)c1Cl. The highest BCUT2D eigenvalue weighted by Gasteiger charge is 2.38. The standard InChI is InChI=1S/C16H9ClF6N4O/c1-27-13(17)10(12(25-27)16(21,22)23)6-7-11-24-14(26-28-11)8-2-4-9(5-3-8)15(18,19)20/h2-7H,1H3/b7-6-. The monoisotopic (exact) mass is 422 g/mol. The first-order valence-corrected chi connectivity index (χ1v) is 7.83. The number of hydrogen-bond donors (Lipinski definition) is 0. The Kier molecular flexibility index (Phi) is 4.96. The van der Waals surface area contributed by atoms with Gasteiger partial charge in [-0.05, 0) is 18.2 Å². The summed E-state index contributed by atoms with van der Waals surface area (Å²) in [6.07, 6.45) is -7.09. The minimum Gasteiger partial charge on any atom is -0.334 e. The summed E-state index contributed by atoms with van der Waals surface area (Å²) in [5.41, 5.74) is -2.16. The average Bonchev–Trinajstić information content (AvgIpc) is 3.18. The van der Waals surface area contributed by atoms with Gasteiger partial charge in [-0.25, -0.2) is 0 Å². The lowest BCUT2D eigenvalue weighted by molar-refractivity contribution is -0.141. The molecule has 12 heteroatoms. The third-order valence-corrected chi connectivity index (χ3v) is 4.03. The topological polar surface area (TPSA) is 56.7 Å². The van der Waals surface area contributed by atoms with E-state index in [4.69, 9.17) is 16.1 Å². The van der Waals surface area contributed by atoms with Crippen molar-refractivity contribution in [2.75, 3.05) is 0 Å². The normalized spacial score (nSPS) is 12.9. The Balaban J connectivity index is 1.86. The van der Waals surface area contributed by atoms with Crippen LogP contribution >= 0.6 is 11.6 Å². The van der Waals surface area contributed by atoms with Crippen molar-refractivity contribution in [3.63, 3.8) is 0 Å². The highest BCUT2D eigenvalue weighted by Crippen LogP contribution is 2.35. The third-order valence-electron chi connectivity index (χ3n) is 3.58. The van der Waals surface area contributed by atoms with Crippen LogP contribution in [0.2, 0.25) is 5.15 Å². The van der Waals surface area contributed by atoms with Crippen molar-refractivity contribution in [1.29, 1.82) is 0 Å². The zero-order valence-electron chi connectivity index (χ0n) is 13.8. The molecule has 2 heterocycles. The van der Waals surface area contributed by atoms with Gasteiger partial charge in [0.2, 0.25) is 5.82 Å². The number of benzene rings is 1. The average molecular weight is 423 g/mol. The fourth-order valence-electron chi connectivity index (χ4n) is 2.26. The number of hydrogen-bond acceptors (Lipinski definition) is 4. The summed E-state index contributed by atoms with van der Waals surface area (Å²) in [5, 5.41) is 6.67. The van der Waals surface area contributed by atoms with Crippen molar-refractivity contribution in [1.82, 2.24) is 19.9 Å². The fourth-order valence-corrected chi connectivity index (χ4v) is 2.45. The molecule has 148 valence electrons. The molecule has 3 aromatic rings. The van der Waals surface area contributed by atoms with Crippen molar-refractivity contribution < 1.29 is 30.9 Å². The van der Waals surface area contributed by atoms with Crippen molar-refractivity contribution in [2.24, 2.45) is 7.05 Å². The summed E-state index contributed by atoms with van der Waals surface area (Å²) < 4.78 is 82.5. The molecule has 28 heavy (non-hydrogen) atoms. The van der Waals surface area contributed by atoms with E-state index >= 15 is 0 Å². The quantitative estimate of drug-likeness (QED) is 0.535. The van der Waals surface area contributed by atoms with Gasteiger partial charge in [-0.2, -0.15) is 36.4 Å². The van der Waals surface area contributed by atoms with Crippen LogP contribution in [0.25, 0.3) is 23.5 Å². The first kappa shape index (κ1) is 19.9. The summed E-state index contributed by atoms with van der Waals surface area (Å²) in [7, 11) is 1.25. The Morgan fingerprint density at radius 2 is 1.64 bits per heavy atom. The molecule has 0 fully saturated rings. The largest absolute Gasteiger partial charge is 0.435 e. The molecule has 5 nitrogen and oxygen atoms in total. The molecule has 0 spiro atoms. The lowest BCUT2D eigenvalue weighted by Crippen LogP contribution is -2.08. The van der Waals surface area contributed by atoms with Crippen LogP contribution in [0.3, 0.4) is 0 Å². The third kappa shape index (κ3) is 4.03. The van der Waals surface area contributed by atoms with Crippen LogP contribution in [-0.4, -0.2) is 19.9 Å². The summed E-state index contributed by atoms with van der Waals surface area (Å²) in [6.45, 7) is 0. The van der Waals surface area contributed by atoms with E-state index in [2.05, 4.69) is 15.2 Å². The smallest absolute Gasteiger partial charge is 0.334 e. The molecular weight excluding hydrogens is 414 g/mol. The Hall–Kier alpha value is -2.82. The molecular formula is C16H9ClF6N4O. The lowest BCUT2D eigenvalue weighted by atomic mass is 10.1. The Morgan fingerprint density at radius 3 is 2.21 bits per heavy atom. The van der Waals surface area contributed by atoms with Crippen LogP contribution in [0.5, 0.6) is 0 Å². The second kappa shape index (κ2) is 6.97. The summed E-state index contributed by atoms with van der Waals surface area (Å²) in [5.74, 6) is -0.190. The molecule has 0 atom stereocenters. The number of aryl methyl sites for hydroxylation is 1. The van der Waals surface area contributed by atoms with Crippen molar-refractivity contribution in [3.8, 4) is 11.4 Å². The van der Waals surface area contributed by atoms with E-state index in [1.165, 1.54) is 7.05 Å². The zero-order chi connectivity index (χ0) is 20.7. The summed E-state index contributed by atoms with van der Waals surface area (Å²) >= 11 is 5.83. The molecule has 0 aliphatic carbocycles. The molecule has 0 saturated heterocycles. The predicted octanol–water partition coefficient (Wildman–Crippen LogP) is 5.33. The molecule has 1 aromatic carbocycles. The van der Waals surface area contributed by atoms with E-state index < -0.39 is 23.6 Å². The second-order valence-electron chi connectivity index (χ2n) is 5.54. The Labute approximate surface area is 158 Å². The second-order valence-corrected chi connectivity index (χ2v) is 5.90. The van der Waals surface area contributed by atoms with Gasteiger partial charge in [-0.1, -0.05) is 28.9 Å². The van der Waals surface area contributed by atoms with Gasteiger partial charge in [0.25, 0.3) is 5.89 Å². The van der Waals surface area contributed by atoms with Crippen molar-refractivity contribution in [3.05, 3.63) is 52.1 Å². The van der Waals surface area contributed by atoms with Gasteiger partial charge in [0.15, 0.2) is 5.69 Å². The highest BCUT2D eigenvalue weighted by atomic mass is 35.5. The molecule has 3 rings (SSSR count). The van der Waals surface area contributed by atoms with E-state index in [1.807, 2.05) is 0 Å². The molecule has 0 saturated carbocycles. The molecule has 2 aromatic heterocycles. The van der Waals surface area contributed by atoms with Gasteiger partial charge >= 0.3 is 12.4 Å². The minimum absolute atomic E-state index is 0.0262. The van der Waals surface area contributed by atoms with Gasteiger partial charge in [-0.15, -0.1) is 0 Å². The van der Waals surface area contributed by atoms with Crippen LogP contribution in [0.4, 0.5) is 26.3 Å². The van der Waals surface area contributed by atoms with Crippen molar-refractivity contribution in [2.45, 2.75) is 12.4 Å². The van der Waals surface area contributed by atoms with E-state index in [0.717, 1.165) is 41.1 Å². The molecule has 0 radical (unpaired) electrons. The van der Waals surface area contributed by atoms with Gasteiger partial charge in [0, 0.05) is 24.3 Å². The van der Waals surface area contributed by atoms with E-state index in [0.29, 0.717) is 0 Å². The van der Waals surface area contributed by atoms with Gasteiger partial charge < -0.3 is 4.52 Å². The van der Waals surface area contributed by atoms with Crippen LogP contribution in [0.15, 0.2) is 28.8 Å².